The van der Waals surface area contributed by atoms with Crippen LogP contribution in [0.1, 0.15) is 33.2 Å². The first kappa shape index (κ1) is 24.2. The first-order chi connectivity index (χ1) is 17.1. The van der Waals surface area contributed by atoms with Crippen LogP contribution in [0.5, 0.6) is 5.75 Å². The molecule has 0 saturated carbocycles. The quantitative estimate of drug-likeness (QED) is 0.254. The molecule has 5 nitrogen and oxygen atoms in total. The van der Waals surface area contributed by atoms with E-state index in [2.05, 4.69) is 17.4 Å². The summed E-state index contributed by atoms with van der Waals surface area (Å²) in [4.78, 5) is 11.7. The van der Waals surface area contributed by atoms with Gasteiger partial charge >= 0.3 is 5.97 Å². The van der Waals surface area contributed by atoms with E-state index in [-0.39, 0.29) is 5.56 Å². The molecule has 0 aromatic heterocycles. The smallest absolute Gasteiger partial charge is 0.339 e. The van der Waals surface area contributed by atoms with Crippen molar-refractivity contribution >= 4 is 5.97 Å². The van der Waals surface area contributed by atoms with E-state index in [9.17, 15) is 15.0 Å². The molecule has 0 saturated heterocycles. The number of carbonyl (C=O) groups is 1. The van der Waals surface area contributed by atoms with Gasteiger partial charge in [-0.15, -0.1) is 0 Å². The number of aliphatic hydroxyl groups excluding tert-OH is 1. The number of nitrogens with one attached hydrogen (secondary N) is 1. The minimum Gasteiger partial charge on any atom is -0.488 e. The van der Waals surface area contributed by atoms with E-state index in [0.717, 1.165) is 35.2 Å². The molecule has 0 aliphatic heterocycles. The van der Waals surface area contributed by atoms with Crippen LogP contribution in [-0.4, -0.2) is 29.3 Å². The third kappa shape index (κ3) is 6.79. The van der Waals surface area contributed by atoms with Crippen molar-refractivity contribution in [3.8, 4) is 16.9 Å². The van der Waals surface area contributed by atoms with E-state index in [0.29, 0.717) is 18.9 Å². The van der Waals surface area contributed by atoms with Crippen molar-refractivity contribution in [3.05, 3.63) is 125 Å². The second kappa shape index (κ2) is 12.0. The minimum atomic E-state index is -1.01. The highest BCUT2D eigenvalue weighted by Gasteiger charge is 2.13. The average Bonchev–Trinajstić information content (AvgIpc) is 2.91. The van der Waals surface area contributed by atoms with E-state index >= 15 is 0 Å². The number of carboxylic acid groups (broad SMARTS) is 1. The van der Waals surface area contributed by atoms with Crippen LogP contribution in [0.3, 0.4) is 0 Å². The number of hydrogen-bond acceptors (Lipinski definition) is 4. The highest BCUT2D eigenvalue weighted by molar-refractivity contribution is 5.92. The summed E-state index contributed by atoms with van der Waals surface area (Å²) in [5, 5.41) is 23.1. The fraction of sp³-hybridized carbons (Fsp3) is 0.167. The summed E-state index contributed by atoms with van der Waals surface area (Å²) in [6, 6.07) is 32.7. The van der Waals surface area contributed by atoms with Gasteiger partial charge in [-0.05, 0) is 52.9 Å². The Balaban J connectivity index is 1.36. The molecule has 4 rings (SSSR count). The van der Waals surface area contributed by atoms with Crippen molar-refractivity contribution in [2.24, 2.45) is 0 Å². The maximum Gasteiger partial charge on any atom is 0.339 e. The van der Waals surface area contributed by atoms with Gasteiger partial charge in [-0.25, -0.2) is 4.79 Å². The lowest BCUT2D eigenvalue weighted by Crippen LogP contribution is -2.23. The molecule has 0 spiro atoms. The van der Waals surface area contributed by atoms with Crippen molar-refractivity contribution in [1.29, 1.82) is 0 Å². The lowest BCUT2D eigenvalue weighted by Gasteiger charge is -2.13. The number of benzene rings is 4. The second-order valence-electron chi connectivity index (χ2n) is 8.37. The van der Waals surface area contributed by atoms with E-state index in [1.807, 2.05) is 72.8 Å². The summed E-state index contributed by atoms with van der Waals surface area (Å²) in [5.41, 5.74) is 5.09. The number of aromatic carboxylic acids is 1. The normalized spacial score (nSPS) is 11.7. The van der Waals surface area contributed by atoms with Crippen molar-refractivity contribution in [3.63, 3.8) is 0 Å². The van der Waals surface area contributed by atoms with Crippen LogP contribution in [0, 0.1) is 0 Å². The van der Waals surface area contributed by atoms with Gasteiger partial charge in [-0.3, -0.25) is 0 Å². The van der Waals surface area contributed by atoms with E-state index in [1.54, 1.807) is 18.2 Å². The van der Waals surface area contributed by atoms with Gasteiger partial charge in [0.1, 0.15) is 17.9 Å². The van der Waals surface area contributed by atoms with E-state index < -0.39 is 12.1 Å². The lowest BCUT2D eigenvalue weighted by atomic mass is 10.0. The van der Waals surface area contributed by atoms with E-state index in [4.69, 9.17) is 4.74 Å². The van der Waals surface area contributed by atoms with Gasteiger partial charge in [0.05, 0.1) is 6.10 Å². The number of aliphatic hydroxyl groups is 1. The van der Waals surface area contributed by atoms with Crippen LogP contribution in [0.2, 0.25) is 0 Å². The molecular weight excluding hydrogens is 438 g/mol. The summed E-state index contributed by atoms with van der Waals surface area (Å²) in [6.07, 6.45) is 0.316. The maximum absolute atomic E-state index is 11.7. The van der Waals surface area contributed by atoms with E-state index in [1.165, 1.54) is 5.56 Å². The topological polar surface area (TPSA) is 78.8 Å². The molecule has 0 heterocycles. The molecule has 4 aromatic carbocycles. The molecule has 0 fully saturated rings. The predicted molar refractivity (Wildman–Crippen MR) is 138 cm³/mol. The van der Waals surface area contributed by atoms with Gasteiger partial charge in [-0.2, -0.15) is 0 Å². The Labute approximate surface area is 205 Å². The third-order valence-corrected chi connectivity index (χ3v) is 5.85. The Morgan fingerprint density at radius 1 is 0.800 bits per heavy atom. The van der Waals surface area contributed by atoms with Gasteiger partial charge in [0.25, 0.3) is 0 Å². The Kier molecular flexibility index (Phi) is 8.28. The van der Waals surface area contributed by atoms with Crippen LogP contribution < -0.4 is 10.1 Å². The van der Waals surface area contributed by atoms with Crippen molar-refractivity contribution in [2.45, 2.75) is 19.1 Å². The molecular formula is C30H29NO4. The van der Waals surface area contributed by atoms with Gasteiger partial charge < -0.3 is 20.3 Å². The molecule has 35 heavy (non-hydrogen) atoms. The molecule has 178 valence electrons. The SMILES string of the molecule is O=C(O)c1ccc(-c2ccc(CCNC[C@H](O)c3ccccc3)cc2)cc1OCc1ccccc1. The van der Waals surface area contributed by atoms with Crippen LogP contribution in [-0.2, 0) is 13.0 Å². The Morgan fingerprint density at radius 2 is 1.46 bits per heavy atom. The first-order valence-corrected chi connectivity index (χ1v) is 11.7. The average molecular weight is 468 g/mol. The van der Waals surface area contributed by atoms with Crippen LogP contribution in [0.25, 0.3) is 11.1 Å². The fourth-order valence-corrected chi connectivity index (χ4v) is 3.86. The van der Waals surface area contributed by atoms with Crippen molar-refractivity contribution in [1.82, 2.24) is 5.32 Å². The molecule has 1 atom stereocenters. The number of carboxylic acids is 1. The molecule has 0 amide bonds. The first-order valence-electron chi connectivity index (χ1n) is 11.7. The zero-order valence-electron chi connectivity index (χ0n) is 19.4. The van der Waals surface area contributed by atoms with Crippen LogP contribution in [0.15, 0.2) is 103 Å². The molecule has 3 N–H and O–H groups in total. The Hall–Kier alpha value is -3.93. The lowest BCUT2D eigenvalue weighted by molar-refractivity contribution is 0.0691. The molecule has 5 heteroatoms. The van der Waals surface area contributed by atoms with Gasteiger partial charge in [0.15, 0.2) is 0 Å². The van der Waals surface area contributed by atoms with Crippen molar-refractivity contribution < 1.29 is 19.7 Å². The molecule has 4 aromatic rings. The maximum atomic E-state index is 11.7. The van der Waals surface area contributed by atoms with Gasteiger partial charge in [0, 0.05) is 6.54 Å². The molecule has 0 unspecified atom stereocenters. The molecule has 0 bridgehead atoms. The van der Waals surface area contributed by atoms with Gasteiger partial charge in [0.2, 0.25) is 0 Å². The fourth-order valence-electron chi connectivity index (χ4n) is 3.86. The zero-order chi connectivity index (χ0) is 24.5. The monoisotopic (exact) mass is 467 g/mol. The zero-order valence-corrected chi connectivity index (χ0v) is 19.4. The predicted octanol–water partition coefficient (Wildman–Crippen LogP) is 5.50. The molecule has 0 aliphatic carbocycles. The number of ether oxygens (including phenoxy) is 1. The summed E-state index contributed by atoms with van der Waals surface area (Å²) in [5.74, 6) is -0.663. The highest BCUT2D eigenvalue weighted by Crippen LogP contribution is 2.28. The number of rotatable bonds is 11. The third-order valence-electron chi connectivity index (χ3n) is 5.85. The van der Waals surface area contributed by atoms with Crippen LogP contribution >= 0.6 is 0 Å². The largest absolute Gasteiger partial charge is 0.488 e. The molecule has 0 radical (unpaired) electrons. The molecule has 0 aliphatic rings. The summed E-state index contributed by atoms with van der Waals surface area (Å²) in [6.45, 7) is 1.56. The standard InChI is InChI=1S/C30H29NO4/c32-28(25-9-5-2-6-10-25)20-31-18-17-22-11-13-24(14-12-22)26-15-16-27(30(33)34)29(19-26)35-21-23-7-3-1-4-8-23/h1-16,19,28,31-32H,17-18,20-21H2,(H,33,34)/t28-/m0/s1. The highest BCUT2D eigenvalue weighted by atomic mass is 16.5. The Bertz CT molecular complexity index is 1220. The minimum absolute atomic E-state index is 0.144. The van der Waals surface area contributed by atoms with Crippen molar-refractivity contribution in [2.75, 3.05) is 13.1 Å². The summed E-state index contributed by atoms with van der Waals surface area (Å²) >= 11 is 0. The number of hydrogen-bond donors (Lipinski definition) is 3. The second-order valence-corrected chi connectivity index (χ2v) is 8.37. The summed E-state index contributed by atoms with van der Waals surface area (Å²) in [7, 11) is 0. The van der Waals surface area contributed by atoms with Crippen LogP contribution in [0.4, 0.5) is 0 Å². The summed E-state index contributed by atoms with van der Waals surface area (Å²) < 4.78 is 5.88. The Morgan fingerprint density at radius 3 is 2.14 bits per heavy atom. The van der Waals surface area contributed by atoms with Gasteiger partial charge in [-0.1, -0.05) is 91.0 Å².